The molecule has 14 heavy (non-hydrogen) atoms. The molecule has 3 heteroatoms. The van der Waals surface area contributed by atoms with Gasteiger partial charge in [-0.3, -0.25) is 0 Å². The second kappa shape index (κ2) is 3.58. The molecule has 0 saturated heterocycles. The zero-order valence-electron chi connectivity index (χ0n) is 7.48. The van der Waals surface area contributed by atoms with Gasteiger partial charge in [-0.15, -0.1) is 6.58 Å². The van der Waals surface area contributed by atoms with E-state index in [9.17, 15) is 4.39 Å². The fraction of sp³-hybridized carbons (Fsp3) is 0.0909. The van der Waals surface area contributed by atoms with Gasteiger partial charge in [0.15, 0.2) is 0 Å². The van der Waals surface area contributed by atoms with Crippen LogP contribution >= 0.6 is 15.9 Å². The molecule has 0 saturated carbocycles. The van der Waals surface area contributed by atoms with E-state index in [-0.39, 0.29) is 5.82 Å². The number of allylic oxidation sites excluding steroid dienone is 1. The summed E-state index contributed by atoms with van der Waals surface area (Å²) in [5.74, 6) is -0.232. The molecule has 1 nitrogen and oxygen atoms in total. The summed E-state index contributed by atoms with van der Waals surface area (Å²) in [5, 5.41) is 0.914. The van der Waals surface area contributed by atoms with E-state index in [1.165, 1.54) is 6.07 Å². The molecule has 0 aliphatic heterocycles. The van der Waals surface area contributed by atoms with Gasteiger partial charge in [-0.25, -0.2) is 4.39 Å². The van der Waals surface area contributed by atoms with Gasteiger partial charge in [-0.2, -0.15) is 0 Å². The van der Waals surface area contributed by atoms with Crippen LogP contribution in [0.3, 0.4) is 0 Å². The van der Waals surface area contributed by atoms with Crippen LogP contribution in [0.15, 0.2) is 35.5 Å². The summed E-state index contributed by atoms with van der Waals surface area (Å²) in [6.45, 7) is 3.67. The van der Waals surface area contributed by atoms with Crippen LogP contribution in [0.1, 0.15) is 5.56 Å². The third-order valence-electron chi connectivity index (χ3n) is 2.16. The van der Waals surface area contributed by atoms with Crippen molar-refractivity contribution in [2.24, 2.45) is 0 Å². The fourth-order valence-corrected chi connectivity index (χ4v) is 1.96. The Labute approximate surface area is 89.8 Å². The average Bonchev–Trinajstić information content (AvgIpc) is 2.49. The highest BCUT2D eigenvalue weighted by Crippen LogP contribution is 2.25. The Morgan fingerprint density at radius 2 is 2.29 bits per heavy atom. The monoisotopic (exact) mass is 253 g/mol. The molecule has 1 N–H and O–H groups in total. The van der Waals surface area contributed by atoms with Crippen LogP contribution in [0.25, 0.3) is 10.9 Å². The van der Waals surface area contributed by atoms with E-state index in [1.807, 2.05) is 12.3 Å². The average molecular weight is 254 g/mol. The second-order valence-corrected chi connectivity index (χ2v) is 4.03. The van der Waals surface area contributed by atoms with Crippen molar-refractivity contribution >= 4 is 26.8 Å². The third kappa shape index (κ3) is 1.48. The number of fused-ring (bicyclic) bond motifs is 1. The number of hydrogen-bond donors (Lipinski definition) is 1. The van der Waals surface area contributed by atoms with Gasteiger partial charge in [0.05, 0.1) is 5.52 Å². The first-order valence-electron chi connectivity index (χ1n) is 4.28. The molecule has 0 fully saturated rings. The van der Waals surface area contributed by atoms with Crippen LogP contribution < -0.4 is 0 Å². The molecule has 1 heterocycles. The highest BCUT2D eigenvalue weighted by molar-refractivity contribution is 9.10. The van der Waals surface area contributed by atoms with Crippen molar-refractivity contribution < 1.29 is 4.39 Å². The lowest BCUT2D eigenvalue weighted by molar-refractivity contribution is 0.636. The fourth-order valence-electron chi connectivity index (χ4n) is 1.53. The highest BCUT2D eigenvalue weighted by atomic mass is 79.9. The van der Waals surface area contributed by atoms with Crippen LogP contribution in [-0.2, 0) is 6.42 Å². The predicted octanol–water partition coefficient (Wildman–Crippen LogP) is 3.80. The van der Waals surface area contributed by atoms with Crippen LogP contribution in [0, 0.1) is 5.82 Å². The minimum atomic E-state index is -0.232. The molecule has 0 spiro atoms. The summed E-state index contributed by atoms with van der Waals surface area (Å²) < 4.78 is 14.2. The summed E-state index contributed by atoms with van der Waals surface area (Å²) >= 11 is 3.27. The maximum atomic E-state index is 13.4. The molecule has 0 aliphatic carbocycles. The quantitative estimate of drug-likeness (QED) is 0.784. The van der Waals surface area contributed by atoms with Crippen molar-refractivity contribution in [3.05, 3.63) is 46.8 Å². The van der Waals surface area contributed by atoms with Crippen molar-refractivity contribution in [2.45, 2.75) is 6.42 Å². The van der Waals surface area contributed by atoms with E-state index in [0.29, 0.717) is 5.52 Å². The van der Waals surface area contributed by atoms with Gasteiger partial charge in [0.25, 0.3) is 0 Å². The van der Waals surface area contributed by atoms with Gasteiger partial charge in [0.2, 0.25) is 0 Å². The van der Waals surface area contributed by atoms with Crippen molar-refractivity contribution in [1.82, 2.24) is 4.98 Å². The Morgan fingerprint density at radius 3 is 3.00 bits per heavy atom. The van der Waals surface area contributed by atoms with Gasteiger partial charge in [0, 0.05) is 16.1 Å². The smallest absolute Gasteiger partial charge is 0.148 e. The number of halogens is 2. The predicted molar refractivity (Wildman–Crippen MR) is 59.9 cm³/mol. The van der Waals surface area contributed by atoms with Crippen molar-refractivity contribution in [1.29, 1.82) is 0 Å². The maximum absolute atomic E-state index is 13.4. The van der Waals surface area contributed by atoms with Crippen LogP contribution in [0.4, 0.5) is 4.39 Å². The van der Waals surface area contributed by atoms with E-state index in [2.05, 4.69) is 27.5 Å². The summed E-state index contributed by atoms with van der Waals surface area (Å²) in [7, 11) is 0. The molecule has 2 aromatic rings. The first kappa shape index (κ1) is 9.46. The Morgan fingerprint density at radius 1 is 1.50 bits per heavy atom. The number of benzene rings is 1. The standard InChI is InChI=1S/C11H9BrFN/c1-2-3-7-6-14-11-9(7)4-8(12)5-10(11)13/h2,4-6,14H,1,3H2. The van der Waals surface area contributed by atoms with E-state index in [0.717, 1.165) is 21.8 Å². The molecule has 0 radical (unpaired) electrons. The first-order chi connectivity index (χ1) is 6.72. The molecule has 72 valence electrons. The maximum Gasteiger partial charge on any atom is 0.148 e. The lowest BCUT2D eigenvalue weighted by atomic mass is 10.1. The third-order valence-corrected chi connectivity index (χ3v) is 2.61. The summed E-state index contributed by atoms with van der Waals surface area (Å²) in [4.78, 5) is 2.92. The number of rotatable bonds is 2. The lowest BCUT2D eigenvalue weighted by Gasteiger charge is -1.97. The largest absolute Gasteiger partial charge is 0.359 e. The Balaban J connectivity index is 2.71. The van der Waals surface area contributed by atoms with E-state index >= 15 is 0 Å². The zero-order valence-corrected chi connectivity index (χ0v) is 9.07. The van der Waals surface area contributed by atoms with E-state index in [4.69, 9.17) is 0 Å². The van der Waals surface area contributed by atoms with Crippen LogP contribution in [-0.4, -0.2) is 4.98 Å². The van der Waals surface area contributed by atoms with Gasteiger partial charge < -0.3 is 4.98 Å². The number of aromatic amines is 1. The van der Waals surface area contributed by atoms with Crippen LogP contribution in [0.5, 0.6) is 0 Å². The topological polar surface area (TPSA) is 15.8 Å². The minimum absolute atomic E-state index is 0.232. The molecule has 1 aromatic heterocycles. The molecular weight excluding hydrogens is 245 g/mol. The summed E-state index contributed by atoms with van der Waals surface area (Å²) in [5.41, 5.74) is 1.63. The van der Waals surface area contributed by atoms with E-state index in [1.54, 1.807) is 6.08 Å². The molecule has 0 amide bonds. The SMILES string of the molecule is C=CCc1c[nH]c2c(F)cc(Br)cc12. The van der Waals surface area contributed by atoms with E-state index < -0.39 is 0 Å². The van der Waals surface area contributed by atoms with Crippen molar-refractivity contribution in [3.63, 3.8) is 0 Å². The molecule has 2 rings (SSSR count). The van der Waals surface area contributed by atoms with Crippen LogP contribution in [0.2, 0.25) is 0 Å². The molecule has 0 unspecified atom stereocenters. The number of nitrogens with one attached hydrogen (secondary N) is 1. The Bertz CT molecular complexity index is 487. The molecule has 0 bridgehead atoms. The van der Waals surface area contributed by atoms with Crippen molar-refractivity contribution in [3.8, 4) is 0 Å². The van der Waals surface area contributed by atoms with Gasteiger partial charge in [-0.1, -0.05) is 22.0 Å². The normalized spacial score (nSPS) is 10.7. The number of hydrogen-bond acceptors (Lipinski definition) is 0. The van der Waals surface area contributed by atoms with Gasteiger partial charge in [0.1, 0.15) is 5.82 Å². The Kier molecular flexibility index (Phi) is 2.42. The summed E-state index contributed by atoms with van der Waals surface area (Å²) in [6, 6.07) is 3.37. The molecule has 0 aliphatic rings. The number of H-pyrrole nitrogens is 1. The highest BCUT2D eigenvalue weighted by Gasteiger charge is 2.07. The zero-order chi connectivity index (χ0) is 10.1. The second-order valence-electron chi connectivity index (χ2n) is 3.12. The summed E-state index contributed by atoms with van der Waals surface area (Å²) in [6.07, 6.45) is 4.37. The first-order valence-corrected chi connectivity index (χ1v) is 5.07. The molecular formula is C11H9BrFN. The molecule has 1 aromatic carbocycles. The Hall–Kier alpha value is -1.09. The number of aromatic nitrogens is 1. The minimum Gasteiger partial charge on any atom is -0.359 e. The van der Waals surface area contributed by atoms with Gasteiger partial charge >= 0.3 is 0 Å². The van der Waals surface area contributed by atoms with Gasteiger partial charge in [-0.05, 0) is 24.1 Å². The lowest BCUT2D eigenvalue weighted by Crippen LogP contribution is -1.80. The van der Waals surface area contributed by atoms with Crippen molar-refractivity contribution in [2.75, 3.05) is 0 Å². The molecule has 0 atom stereocenters.